The third-order valence-corrected chi connectivity index (χ3v) is 5.91. The van der Waals surface area contributed by atoms with E-state index in [1.165, 1.54) is 38.5 Å². The molecule has 4 heteroatoms. The van der Waals surface area contributed by atoms with Gasteiger partial charge < -0.3 is 5.32 Å². The average Bonchev–Trinajstić information content (AvgIpc) is 2.42. The van der Waals surface area contributed by atoms with Gasteiger partial charge in [0.25, 0.3) is 5.91 Å². The molecule has 0 atom stereocenters. The number of hydrogen-bond acceptors (Lipinski definition) is 1. The molecule has 0 unspecified atom stereocenters. The van der Waals surface area contributed by atoms with Gasteiger partial charge in [-0.2, -0.15) is 0 Å². The third-order valence-electron chi connectivity index (χ3n) is 5.91. The lowest BCUT2D eigenvalue weighted by atomic mass is 9.49. The maximum atomic E-state index is 13.2. The van der Waals surface area contributed by atoms with Crippen LogP contribution in [0.5, 0.6) is 0 Å². The Morgan fingerprint density at radius 3 is 2.00 bits per heavy atom. The van der Waals surface area contributed by atoms with Crippen molar-refractivity contribution >= 4 is 5.91 Å². The largest absolute Gasteiger partial charge is 0.351 e. The molecule has 4 saturated carbocycles. The SMILES string of the molecule is O=C(NCC12CC3CC(CC(C3)C1)C2)c1cc(F)cc(F)c1. The molecule has 1 aromatic rings. The van der Waals surface area contributed by atoms with E-state index in [4.69, 9.17) is 0 Å². The molecule has 0 heterocycles. The zero-order valence-electron chi connectivity index (χ0n) is 12.6. The average molecular weight is 305 g/mol. The number of amides is 1. The zero-order valence-corrected chi connectivity index (χ0v) is 12.6. The molecule has 4 aliphatic rings. The minimum Gasteiger partial charge on any atom is -0.351 e. The third kappa shape index (κ3) is 2.53. The van der Waals surface area contributed by atoms with Gasteiger partial charge in [-0.1, -0.05) is 0 Å². The fourth-order valence-electron chi connectivity index (χ4n) is 5.56. The van der Waals surface area contributed by atoms with Crippen molar-refractivity contribution in [1.82, 2.24) is 5.32 Å². The number of carbonyl (C=O) groups is 1. The van der Waals surface area contributed by atoms with Crippen LogP contribution in [0.3, 0.4) is 0 Å². The van der Waals surface area contributed by atoms with E-state index in [0.717, 1.165) is 36.0 Å². The molecule has 4 bridgehead atoms. The van der Waals surface area contributed by atoms with E-state index in [0.29, 0.717) is 6.54 Å². The number of rotatable bonds is 3. The van der Waals surface area contributed by atoms with Crippen LogP contribution < -0.4 is 5.32 Å². The Morgan fingerprint density at radius 2 is 1.50 bits per heavy atom. The zero-order chi connectivity index (χ0) is 15.3. The lowest BCUT2D eigenvalue weighted by Gasteiger charge is -2.56. The van der Waals surface area contributed by atoms with Crippen LogP contribution in [-0.2, 0) is 0 Å². The Morgan fingerprint density at radius 1 is 1.00 bits per heavy atom. The second-order valence-corrected chi connectivity index (χ2v) is 7.76. The van der Waals surface area contributed by atoms with Gasteiger partial charge in [-0.3, -0.25) is 4.79 Å². The first kappa shape index (κ1) is 14.2. The Labute approximate surface area is 129 Å². The summed E-state index contributed by atoms with van der Waals surface area (Å²) in [6.45, 7) is 0.646. The molecule has 0 radical (unpaired) electrons. The highest BCUT2D eigenvalue weighted by molar-refractivity contribution is 5.94. The summed E-state index contributed by atoms with van der Waals surface area (Å²) >= 11 is 0. The maximum Gasteiger partial charge on any atom is 0.251 e. The van der Waals surface area contributed by atoms with Crippen LogP contribution >= 0.6 is 0 Å². The van der Waals surface area contributed by atoms with E-state index in [1.54, 1.807) is 0 Å². The molecule has 2 nitrogen and oxygen atoms in total. The summed E-state index contributed by atoms with van der Waals surface area (Å²) in [6.07, 6.45) is 7.71. The van der Waals surface area contributed by atoms with Crippen LogP contribution in [0.2, 0.25) is 0 Å². The standard InChI is InChI=1S/C18H21F2NO/c19-15-4-14(5-16(20)6-15)17(22)21-10-18-7-11-1-12(8-18)3-13(2-11)9-18/h4-6,11-13H,1-3,7-10H2,(H,21,22). The minimum absolute atomic E-state index is 0.0715. The Bertz CT molecular complexity index is 558. The van der Waals surface area contributed by atoms with Crippen molar-refractivity contribution < 1.29 is 13.6 Å². The molecule has 1 N–H and O–H groups in total. The molecule has 0 spiro atoms. The van der Waals surface area contributed by atoms with E-state index in [9.17, 15) is 13.6 Å². The topological polar surface area (TPSA) is 29.1 Å². The minimum atomic E-state index is -0.708. The predicted molar refractivity (Wildman–Crippen MR) is 79.3 cm³/mol. The predicted octanol–water partition coefficient (Wildman–Crippen LogP) is 3.91. The van der Waals surface area contributed by atoms with Crippen molar-refractivity contribution in [2.24, 2.45) is 23.2 Å². The lowest BCUT2D eigenvalue weighted by molar-refractivity contribution is -0.0503. The van der Waals surface area contributed by atoms with E-state index < -0.39 is 11.6 Å². The summed E-state index contributed by atoms with van der Waals surface area (Å²) in [5.41, 5.74) is 0.304. The second-order valence-electron chi connectivity index (χ2n) is 7.76. The quantitative estimate of drug-likeness (QED) is 0.901. The summed E-state index contributed by atoms with van der Waals surface area (Å²) in [7, 11) is 0. The second kappa shape index (κ2) is 5.04. The summed E-state index contributed by atoms with van der Waals surface area (Å²) in [4.78, 5) is 12.2. The van der Waals surface area contributed by atoms with Crippen LogP contribution in [0.25, 0.3) is 0 Å². The van der Waals surface area contributed by atoms with E-state index >= 15 is 0 Å². The number of carbonyl (C=O) groups excluding carboxylic acids is 1. The van der Waals surface area contributed by atoms with Crippen LogP contribution in [0.4, 0.5) is 8.78 Å². The molecule has 5 rings (SSSR count). The van der Waals surface area contributed by atoms with Gasteiger partial charge >= 0.3 is 0 Å². The highest BCUT2D eigenvalue weighted by Gasteiger charge is 2.50. The molecule has 4 fully saturated rings. The molecular weight excluding hydrogens is 284 g/mol. The normalized spacial score (nSPS) is 35.6. The molecular formula is C18H21F2NO. The number of nitrogens with one attached hydrogen (secondary N) is 1. The molecule has 1 amide bonds. The van der Waals surface area contributed by atoms with Gasteiger partial charge in [0.1, 0.15) is 11.6 Å². The van der Waals surface area contributed by atoms with Crippen LogP contribution in [0, 0.1) is 34.8 Å². The molecule has 118 valence electrons. The number of hydrogen-bond donors (Lipinski definition) is 1. The monoisotopic (exact) mass is 305 g/mol. The molecule has 0 saturated heterocycles. The smallest absolute Gasteiger partial charge is 0.251 e. The highest BCUT2D eigenvalue weighted by Crippen LogP contribution is 2.59. The fraction of sp³-hybridized carbons (Fsp3) is 0.611. The summed E-state index contributed by atoms with van der Waals surface area (Å²) in [5, 5.41) is 2.94. The van der Waals surface area contributed by atoms with Crippen molar-refractivity contribution in [3.05, 3.63) is 35.4 Å². The first-order chi connectivity index (χ1) is 10.5. The van der Waals surface area contributed by atoms with E-state index in [-0.39, 0.29) is 16.9 Å². The molecule has 22 heavy (non-hydrogen) atoms. The fourth-order valence-corrected chi connectivity index (χ4v) is 5.56. The number of benzene rings is 1. The first-order valence-electron chi connectivity index (χ1n) is 8.26. The highest BCUT2D eigenvalue weighted by atomic mass is 19.1. The molecule has 1 aromatic carbocycles. The van der Waals surface area contributed by atoms with Crippen molar-refractivity contribution in [3.63, 3.8) is 0 Å². The first-order valence-corrected chi connectivity index (χ1v) is 8.26. The van der Waals surface area contributed by atoms with Gasteiger partial charge in [0.05, 0.1) is 0 Å². The van der Waals surface area contributed by atoms with Gasteiger partial charge in [0.15, 0.2) is 0 Å². The lowest BCUT2D eigenvalue weighted by Crippen LogP contribution is -2.51. The Balaban J connectivity index is 1.45. The van der Waals surface area contributed by atoms with Gasteiger partial charge in [-0.25, -0.2) is 8.78 Å². The van der Waals surface area contributed by atoms with Gasteiger partial charge in [0, 0.05) is 18.2 Å². The van der Waals surface area contributed by atoms with E-state index in [2.05, 4.69) is 5.32 Å². The van der Waals surface area contributed by atoms with Crippen molar-refractivity contribution in [2.45, 2.75) is 38.5 Å². The number of halogens is 2. The van der Waals surface area contributed by atoms with E-state index in [1.807, 2.05) is 0 Å². The molecule has 4 aliphatic carbocycles. The summed E-state index contributed by atoms with van der Waals surface area (Å²) < 4.78 is 26.4. The van der Waals surface area contributed by atoms with Crippen LogP contribution in [0.1, 0.15) is 48.9 Å². The maximum absolute atomic E-state index is 13.2. The van der Waals surface area contributed by atoms with Gasteiger partial charge in [0.2, 0.25) is 0 Å². The summed E-state index contributed by atoms with van der Waals surface area (Å²) in [5.74, 6) is 0.702. The Kier molecular flexibility index (Phi) is 3.24. The Hall–Kier alpha value is -1.45. The van der Waals surface area contributed by atoms with Crippen molar-refractivity contribution in [1.29, 1.82) is 0 Å². The van der Waals surface area contributed by atoms with Gasteiger partial charge in [-0.05, 0) is 73.8 Å². The molecule has 0 aliphatic heterocycles. The van der Waals surface area contributed by atoms with Crippen LogP contribution in [-0.4, -0.2) is 12.5 Å². The van der Waals surface area contributed by atoms with Crippen LogP contribution in [0.15, 0.2) is 18.2 Å². The summed E-state index contributed by atoms with van der Waals surface area (Å²) in [6, 6.07) is 2.98. The van der Waals surface area contributed by atoms with Gasteiger partial charge in [-0.15, -0.1) is 0 Å². The van der Waals surface area contributed by atoms with Crippen molar-refractivity contribution in [2.75, 3.05) is 6.54 Å². The van der Waals surface area contributed by atoms with Crippen molar-refractivity contribution in [3.8, 4) is 0 Å². The molecule has 0 aromatic heterocycles.